The molecule has 7 nitrogen and oxygen atoms in total. The normalized spacial score (nSPS) is 10.2. The van der Waals surface area contributed by atoms with Crippen LogP contribution in [0.25, 0.3) is 0 Å². The Morgan fingerprint density at radius 3 is 3.00 bits per heavy atom. The van der Waals surface area contributed by atoms with Gasteiger partial charge in [0.2, 0.25) is 0 Å². The molecule has 2 N–H and O–H groups in total. The Hall–Kier alpha value is -2.41. The number of hydrogen-bond acceptors (Lipinski definition) is 5. The zero-order chi connectivity index (χ0) is 13.8. The fourth-order valence-corrected chi connectivity index (χ4v) is 1.64. The quantitative estimate of drug-likeness (QED) is 0.658. The van der Waals surface area contributed by atoms with Gasteiger partial charge in [0.15, 0.2) is 5.82 Å². The Balaban J connectivity index is 2.14. The molecule has 1 aromatic carbocycles. The van der Waals surface area contributed by atoms with Crippen molar-refractivity contribution in [2.24, 2.45) is 0 Å². The Morgan fingerprint density at radius 2 is 2.26 bits per heavy atom. The monoisotopic (exact) mass is 280 g/mol. The van der Waals surface area contributed by atoms with Gasteiger partial charge in [0.05, 0.1) is 11.3 Å². The lowest BCUT2D eigenvalue weighted by Gasteiger charge is -2.06. The first-order chi connectivity index (χ1) is 9.08. The Bertz CT molecular complexity index is 671. The van der Waals surface area contributed by atoms with Crippen molar-refractivity contribution >= 4 is 23.1 Å². The molecule has 19 heavy (non-hydrogen) atoms. The van der Waals surface area contributed by atoms with E-state index in [9.17, 15) is 14.9 Å². The number of halogens is 1. The van der Waals surface area contributed by atoms with E-state index in [-0.39, 0.29) is 23.1 Å². The first-order valence-electron chi connectivity index (χ1n) is 5.28. The zero-order valence-electron chi connectivity index (χ0n) is 9.59. The summed E-state index contributed by atoms with van der Waals surface area (Å²) in [6.07, 6.45) is 1.23. The van der Waals surface area contributed by atoms with E-state index in [1.54, 1.807) is 12.1 Å². The molecule has 0 radical (unpaired) electrons. The number of H-pyrrole nitrogens is 1. The Kier molecular flexibility index (Phi) is 3.76. The van der Waals surface area contributed by atoms with Gasteiger partial charge in [-0.05, 0) is 5.56 Å². The minimum atomic E-state index is -0.470. The van der Waals surface area contributed by atoms with Crippen LogP contribution in [-0.2, 0) is 6.54 Å². The van der Waals surface area contributed by atoms with Gasteiger partial charge >= 0.3 is 0 Å². The fraction of sp³-hybridized carbons (Fsp3) is 0.0909. The fourth-order valence-electron chi connectivity index (χ4n) is 1.47. The second-order valence-electron chi connectivity index (χ2n) is 3.67. The van der Waals surface area contributed by atoms with Crippen LogP contribution in [0.3, 0.4) is 0 Å². The molecular weight excluding hydrogens is 272 g/mol. The number of aromatic nitrogens is 2. The molecule has 2 aromatic rings. The summed E-state index contributed by atoms with van der Waals surface area (Å²) in [4.78, 5) is 27.6. The third-order valence-electron chi connectivity index (χ3n) is 2.38. The SMILES string of the molecule is O=c1[nH]cnc(NCc2cccc([N+](=O)[O-])c2)c1Cl. The summed E-state index contributed by atoms with van der Waals surface area (Å²) in [6.45, 7) is 0.276. The molecule has 2 rings (SSSR count). The lowest BCUT2D eigenvalue weighted by Crippen LogP contribution is -2.11. The summed E-state index contributed by atoms with van der Waals surface area (Å²) in [6, 6.07) is 6.15. The van der Waals surface area contributed by atoms with Crippen LogP contribution >= 0.6 is 11.6 Å². The topological polar surface area (TPSA) is 101 Å². The molecule has 0 saturated carbocycles. The summed E-state index contributed by atoms with van der Waals surface area (Å²) in [5.74, 6) is 0.233. The van der Waals surface area contributed by atoms with Crippen LogP contribution in [0.5, 0.6) is 0 Å². The van der Waals surface area contributed by atoms with Gasteiger partial charge in [-0.2, -0.15) is 0 Å². The molecule has 0 saturated heterocycles. The molecule has 0 fully saturated rings. The number of rotatable bonds is 4. The van der Waals surface area contributed by atoms with E-state index in [1.165, 1.54) is 18.5 Å². The van der Waals surface area contributed by atoms with Crippen LogP contribution in [0.15, 0.2) is 35.4 Å². The molecule has 0 aliphatic heterocycles. The van der Waals surface area contributed by atoms with Crippen molar-refractivity contribution in [3.05, 3.63) is 61.6 Å². The maximum Gasteiger partial charge on any atom is 0.271 e. The molecule has 0 spiro atoms. The van der Waals surface area contributed by atoms with Crippen molar-refractivity contribution in [3.8, 4) is 0 Å². The van der Waals surface area contributed by atoms with Crippen LogP contribution in [0.2, 0.25) is 5.02 Å². The highest BCUT2D eigenvalue weighted by atomic mass is 35.5. The van der Waals surface area contributed by atoms with Crippen LogP contribution < -0.4 is 10.9 Å². The van der Waals surface area contributed by atoms with E-state index in [0.717, 1.165) is 0 Å². The summed E-state index contributed by atoms with van der Waals surface area (Å²) in [5, 5.41) is 13.4. The van der Waals surface area contributed by atoms with Gasteiger partial charge < -0.3 is 10.3 Å². The number of aromatic amines is 1. The molecule has 0 unspecified atom stereocenters. The number of nitro groups is 1. The average molecular weight is 281 g/mol. The van der Waals surface area contributed by atoms with E-state index in [0.29, 0.717) is 5.56 Å². The van der Waals surface area contributed by atoms with Crippen LogP contribution in [0.4, 0.5) is 11.5 Å². The highest BCUT2D eigenvalue weighted by Gasteiger charge is 2.08. The van der Waals surface area contributed by atoms with Crippen LogP contribution in [0.1, 0.15) is 5.56 Å². The van der Waals surface area contributed by atoms with Gasteiger partial charge in [0.1, 0.15) is 5.02 Å². The third kappa shape index (κ3) is 3.08. The molecule has 0 atom stereocenters. The number of nitrogens with zero attached hydrogens (tertiary/aromatic N) is 2. The number of non-ortho nitro benzene ring substituents is 1. The maximum atomic E-state index is 11.2. The number of benzene rings is 1. The first-order valence-corrected chi connectivity index (χ1v) is 5.66. The van der Waals surface area contributed by atoms with E-state index >= 15 is 0 Å². The van der Waals surface area contributed by atoms with E-state index in [2.05, 4.69) is 15.3 Å². The number of nitrogens with one attached hydrogen (secondary N) is 2. The van der Waals surface area contributed by atoms with Crippen molar-refractivity contribution in [3.63, 3.8) is 0 Å². The number of hydrogen-bond donors (Lipinski definition) is 2. The molecular formula is C11H9ClN4O3. The van der Waals surface area contributed by atoms with E-state index in [4.69, 9.17) is 11.6 Å². The highest BCUT2D eigenvalue weighted by molar-refractivity contribution is 6.32. The van der Waals surface area contributed by atoms with Gasteiger partial charge in [0, 0.05) is 18.7 Å². The zero-order valence-corrected chi connectivity index (χ0v) is 10.3. The van der Waals surface area contributed by atoms with Gasteiger partial charge in [0.25, 0.3) is 11.2 Å². The molecule has 1 aromatic heterocycles. The van der Waals surface area contributed by atoms with Gasteiger partial charge in [-0.1, -0.05) is 23.7 Å². The minimum Gasteiger partial charge on any atom is -0.365 e. The minimum absolute atomic E-state index is 0.00395. The Labute approximate surface area is 112 Å². The lowest BCUT2D eigenvalue weighted by molar-refractivity contribution is -0.384. The summed E-state index contributed by atoms with van der Waals surface area (Å²) < 4.78 is 0. The highest BCUT2D eigenvalue weighted by Crippen LogP contribution is 2.16. The van der Waals surface area contributed by atoms with Crippen molar-refractivity contribution in [1.82, 2.24) is 9.97 Å². The molecule has 0 aliphatic carbocycles. The second kappa shape index (κ2) is 5.49. The van der Waals surface area contributed by atoms with Crippen molar-refractivity contribution in [2.75, 3.05) is 5.32 Å². The third-order valence-corrected chi connectivity index (χ3v) is 2.73. The molecule has 0 amide bonds. The predicted molar refractivity (Wildman–Crippen MR) is 70.3 cm³/mol. The van der Waals surface area contributed by atoms with E-state index < -0.39 is 10.5 Å². The summed E-state index contributed by atoms with van der Waals surface area (Å²) in [5.41, 5.74) is 0.245. The number of anilines is 1. The summed E-state index contributed by atoms with van der Waals surface area (Å²) in [7, 11) is 0. The van der Waals surface area contributed by atoms with Gasteiger partial charge in [-0.15, -0.1) is 0 Å². The average Bonchev–Trinajstić information content (AvgIpc) is 2.41. The maximum absolute atomic E-state index is 11.2. The van der Waals surface area contributed by atoms with Crippen LogP contribution in [-0.4, -0.2) is 14.9 Å². The van der Waals surface area contributed by atoms with Gasteiger partial charge in [-0.3, -0.25) is 14.9 Å². The molecule has 8 heteroatoms. The molecule has 98 valence electrons. The standard InChI is InChI=1S/C11H9ClN4O3/c12-9-10(14-6-15-11(9)17)13-5-7-2-1-3-8(4-7)16(18)19/h1-4,6H,5H2,(H2,13,14,15,17). The molecule has 0 bridgehead atoms. The smallest absolute Gasteiger partial charge is 0.271 e. The van der Waals surface area contributed by atoms with E-state index in [1.807, 2.05) is 0 Å². The largest absolute Gasteiger partial charge is 0.365 e. The molecule has 1 heterocycles. The summed E-state index contributed by atoms with van der Waals surface area (Å²) >= 11 is 5.76. The van der Waals surface area contributed by atoms with Crippen molar-refractivity contribution in [2.45, 2.75) is 6.54 Å². The van der Waals surface area contributed by atoms with Crippen molar-refractivity contribution < 1.29 is 4.92 Å². The molecule has 0 aliphatic rings. The number of nitro benzene ring substituents is 1. The van der Waals surface area contributed by atoms with Gasteiger partial charge in [-0.25, -0.2) is 4.98 Å². The second-order valence-corrected chi connectivity index (χ2v) is 4.05. The Morgan fingerprint density at radius 1 is 1.47 bits per heavy atom. The first kappa shape index (κ1) is 13.0. The van der Waals surface area contributed by atoms with Crippen LogP contribution in [0, 0.1) is 10.1 Å². The lowest BCUT2D eigenvalue weighted by atomic mass is 10.2. The van der Waals surface area contributed by atoms with Crippen molar-refractivity contribution in [1.29, 1.82) is 0 Å². The predicted octanol–water partition coefficient (Wildman–Crippen LogP) is 1.94.